The Bertz CT molecular complexity index is 848. The molecule has 27 heavy (non-hydrogen) atoms. The normalized spacial score (nSPS) is 17.5. The lowest BCUT2D eigenvalue weighted by molar-refractivity contribution is -0.127. The molecule has 4 nitrogen and oxygen atoms in total. The highest BCUT2D eigenvalue weighted by atomic mass is 19.1. The molecular formula is C22H23FN2O2. The first-order chi connectivity index (χ1) is 13.2. The maximum absolute atomic E-state index is 13.1. The topological polar surface area (TPSA) is 32.8 Å². The van der Waals surface area contributed by atoms with Gasteiger partial charge in [-0.1, -0.05) is 30.3 Å². The van der Waals surface area contributed by atoms with Gasteiger partial charge in [-0.2, -0.15) is 0 Å². The third-order valence-corrected chi connectivity index (χ3v) is 5.10. The van der Waals surface area contributed by atoms with Crippen LogP contribution in [-0.2, 0) is 11.3 Å². The van der Waals surface area contributed by atoms with Crippen molar-refractivity contribution in [3.05, 3.63) is 71.0 Å². The van der Waals surface area contributed by atoms with Crippen LogP contribution >= 0.6 is 0 Å². The Labute approximate surface area is 158 Å². The predicted octanol–water partition coefficient (Wildman–Crippen LogP) is 3.34. The second kappa shape index (κ2) is 7.92. The number of fused-ring (bicyclic) bond motifs is 1. The Morgan fingerprint density at radius 3 is 2.67 bits per heavy atom. The van der Waals surface area contributed by atoms with E-state index in [1.54, 1.807) is 0 Å². The van der Waals surface area contributed by atoms with E-state index in [2.05, 4.69) is 4.90 Å². The van der Waals surface area contributed by atoms with Gasteiger partial charge >= 0.3 is 0 Å². The molecule has 0 N–H and O–H groups in total. The van der Waals surface area contributed by atoms with E-state index in [0.29, 0.717) is 18.7 Å². The molecule has 1 saturated heterocycles. The minimum atomic E-state index is -0.212. The van der Waals surface area contributed by atoms with Crippen molar-refractivity contribution in [1.29, 1.82) is 0 Å². The molecule has 4 rings (SSSR count). The number of benzene rings is 2. The van der Waals surface area contributed by atoms with E-state index in [4.69, 9.17) is 4.74 Å². The van der Waals surface area contributed by atoms with Crippen LogP contribution in [0.3, 0.4) is 0 Å². The minimum absolute atomic E-state index is 0.0631. The van der Waals surface area contributed by atoms with Crippen LogP contribution in [0.25, 0.3) is 6.08 Å². The van der Waals surface area contributed by atoms with Gasteiger partial charge in [-0.05, 0) is 36.3 Å². The van der Waals surface area contributed by atoms with Gasteiger partial charge in [0.2, 0.25) is 0 Å². The molecule has 2 aliphatic heterocycles. The maximum Gasteiger partial charge on any atom is 0.253 e. The lowest BCUT2D eigenvalue weighted by atomic mass is 10.1. The number of halogens is 1. The number of para-hydroxylation sites is 1. The molecule has 1 amide bonds. The molecule has 0 spiro atoms. The molecule has 0 bridgehead atoms. The quantitative estimate of drug-likeness (QED) is 0.835. The van der Waals surface area contributed by atoms with Crippen LogP contribution in [0.5, 0.6) is 5.75 Å². The lowest BCUT2D eigenvalue weighted by Gasteiger charge is -2.25. The summed E-state index contributed by atoms with van der Waals surface area (Å²) < 4.78 is 18.8. The number of nitrogens with zero attached hydrogens (tertiary/aromatic N) is 2. The van der Waals surface area contributed by atoms with Crippen LogP contribution in [0.15, 0.2) is 54.1 Å². The molecule has 0 aliphatic carbocycles. The van der Waals surface area contributed by atoms with E-state index in [-0.39, 0.29) is 11.7 Å². The summed E-state index contributed by atoms with van der Waals surface area (Å²) in [5.74, 6) is 0.680. The van der Waals surface area contributed by atoms with Crippen molar-refractivity contribution < 1.29 is 13.9 Å². The molecule has 5 heteroatoms. The molecule has 0 unspecified atom stereocenters. The Hall–Kier alpha value is -2.66. The summed E-state index contributed by atoms with van der Waals surface area (Å²) in [6, 6.07) is 14.4. The number of carbonyl (C=O) groups excluding carboxylic acids is 1. The monoisotopic (exact) mass is 366 g/mol. The third kappa shape index (κ3) is 4.19. The molecule has 140 valence electrons. The van der Waals surface area contributed by atoms with Crippen molar-refractivity contribution in [2.45, 2.75) is 13.0 Å². The van der Waals surface area contributed by atoms with E-state index in [1.165, 1.54) is 12.1 Å². The van der Waals surface area contributed by atoms with Gasteiger partial charge in [0.25, 0.3) is 5.91 Å². The van der Waals surface area contributed by atoms with Gasteiger partial charge in [0.05, 0.1) is 5.57 Å². The van der Waals surface area contributed by atoms with Crippen molar-refractivity contribution in [3.63, 3.8) is 0 Å². The van der Waals surface area contributed by atoms with Gasteiger partial charge in [-0.3, -0.25) is 9.69 Å². The van der Waals surface area contributed by atoms with Crippen molar-refractivity contribution in [1.82, 2.24) is 9.80 Å². The summed E-state index contributed by atoms with van der Waals surface area (Å²) in [5, 5.41) is 0. The molecule has 0 aromatic heterocycles. The summed E-state index contributed by atoms with van der Waals surface area (Å²) in [5.41, 5.74) is 2.76. The highest BCUT2D eigenvalue weighted by molar-refractivity contribution is 5.99. The fraction of sp³-hybridized carbons (Fsp3) is 0.318. The molecule has 2 aliphatic rings. The number of hydrogen-bond donors (Lipinski definition) is 0. The highest BCUT2D eigenvalue weighted by Gasteiger charge is 2.24. The molecule has 2 heterocycles. The Balaban J connectivity index is 1.39. The Morgan fingerprint density at radius 2 is 1.81 bits per heavy atom. The SMILES string of the molecule is O=C(C1=Cc2ccccc2OC1)N1CCCN(Cc2ccc(F)cc2)CC1. The number of hydrogen-bond acceptors (Lipinski definition) is 3. The molecular weight excluding hydrogens is 343 g/mol. The minimum Gasteiger partial charge on any atom is -0.488 e. The first-order valence-electron chi connectivity index (χ1n) is 9.37. The highest BCUT2D eigenvalue weighted by Crippen LogP contribution is 2.26. The molecule has 0 radical (unpaired) electrons. The van der Waals surface area contributed by atoms with E-state index < -0.39 is 0 Å². The lowest BCUT2D eigenvalue weighted by Crippen LogP contribution is -2.37. The van der Waals surface area contributed by atoms with Gasteiger partial charge in [-0.25, -0.2) is 4.39 Å². The maximum atomic E-state index is 13.1. The Morgan fingerprint density at radius 1 is 1.00 bits per heavy atom. The van der Waals surface area contributed by atoms with Crippen LogP contribution in [0.4, 0.5) is 4.39 Å². The summed E-state index contributed by atoms with van der Waals surface area (Å²) in [6.45, 7) is 4.29. The first-order valence-corrected chi connectivity index (χ1v) is 9.37. The fourth-order valence-electron chi connectivity index (χ4n) is 3.62. The second-order valence-electron chi connectivity index (χ2n) is 7.04. The van der Waals surface area contributed by atoms with Crippen molar-refractivity contribution in [2.75, 3.05) is 32.8 Å². The largest absolute Gasteiger partial charge is 0.488 e. The van der Waals surface area contributed by atoms with Crippen LogP contribution < -0.4 is 4.74 Å². The summed E-state index contributed by atoms with van der Waals surface area (Å²) in [7, 11) is 0. The molecule has 0 atom stereocenters. The van der Waals surface area contributed by atoms with Crippen LogP contribution in [0.2, 0.25) is 0 Å². The first kappa shape index (κ1) is 17.7. The van der Waals surface area contributed by atoms with E-state index in [1.807, 2.05) is 47.4 Å². The average Bonchev–Trinajstić information content (AvgIpc) is 2.94. The fourth-order valence-corrected chi connectivity index (χ4v) is 3.62. The third-order valence-electron chi connectivity index (χ3n) is 5.10. The smallest absolute Gasteiger partial charge is 0.253 e. The summed E-state index contributed by atoms with van der Waals surface area (Å²) >= 11 is 0. The number of carbonyl (C=O) groups is 1. The van der Waals surface area contributed by atoms with E-state index in [0.717, 1.165) is 49.5 Å². The zero-order chi connectivity index (χ0) is 18.6. The zero-order valence-electron chi connectivity index (χ0n) is 15.2. The summed E-state index contributed by atoms with van der Waals surface area (Å²) in [6.07, 6.45) is 2.88. The van der Waals surface area contributed by atoms with Crippen molar-refractivity contribution in [3.8, 4) is 5.75 Å². The summed E-state index contributed by atoms with van der Waals surface area (Å²) in [4.78, 5) is 17.2. The molecule has 2 aromatic carbocycles. The molecule has 0 saturated carbocycles. The van der Waals surface area contributed by atoms with Crippen molar-refractivity contribution in [2.24, 2.45) is 0 Å². The van der Waals surface area contributed by atoms with E-state index in [9.17, 15) is 9.18 Å². The average molecular weight is 366 g/mol. The molecule has 1 fully saturated rings. The van der Waals surface area contributed by atoms with E-state index >= 15 is 0 Å². The standard InChI is InChI=1S/C22H23FN2O2/c23-20-8-6-17(7-9-20)15-24-10-3-11-25(13-12-24)22(26)19-14-18-4-1-2-5-21(18)27-16-19/h1-2,4-9,14H,3,10-13,15-16H2. The van der Waals surface area contributed by atoms with Gasteiger partial charge in [0.1, 0.15) is 18.2 Å². The predicted molar refractivity (Wildman–Crippen MR) is 103 cm³/mol. The van der Waals surface area contributed by atoms with Crippen LogP contribution in [0, 0.1) is 5.82 Å². The van der Waals surface area contributed by atoms with Gasteiger partial charge in [0, 0.05) is 38.3 Å². The second-order valence-corrected chi connectivity index (χ2v) is 7.04. The number of rotatable bonds is 3. The van der Waals surface area contributed by atoms with Gasteiger partial charge < -0.3 is 9.64 Å². The van der Waals surface area contributed by atoms with Crippen molar-refractivity contribution >= 4 is 12.0 Å². The van der Waals surface area contributed by atoms with Gasteiger partial charge in [0.15, 0.2) is 0 Å². The Kier molecular flexibility index (Phi) is 5.21. The number of amides is 1. The number of ether oxygens (including phenoxy) is 1. The zero-order valence-corrected chi connectivity index (χ0v) is 15.2. The van der Waals surface area contributed by atoms with Crippen LogP contribution in [-0.4, -0.2) is 48.5 Å². The molecule has 2 aromatic rings. The van der Waals surface area contributed by atoms with Gasteiger partial charge in [-0.15, -0.1) is 0 Å². The van der Waals surface area contributed by atoms with Crippen LogP contribution in [0.1, 0.15) is 17.5 Å².